The minimum Gasteiger partial charge on any atom is -0.309 e. The van der Waals surface area contributed by atoms with Gasteiger partial charge >= 0.3 is 0 Å². The molecule has 0 saturated carbocycles. The minimum absolute atomic E-state index is 0.00960. The highest BCUT2D eigenvalue weighted by atomic mass is 15.1. The highest BCUT2D eigenvalue weighted by Crippen LogP contribution is 2.49. The zero-order chi connectivity index (χ0) is 44.8. The predicted molar refractivity (Wildman–Crippen MR) is 284 cm³/mol. The topological polar surface area (TPSA) is 39.5 Å². The summed E-state index contributed by atoms with van der Waals surface area (Å²) in [5.41, 5.74) is 16.8. The van der Waals surface area contributed by atoms with E-state index in [0.717, 1.165) is 38.8 Å². The summed E-state index contributed by atoms with van der Waals surface area (Å²) in [6, 6.07) is 61.1. The molecule has 0 amide bonds. The monoisotopic (exact) mass is 859 g/mol. The molecule has 5 nitrogen and oxygen atoms in total. The zero-order valence-corrected chi connectivity index (χ0v) is 38.3. The second-order valence-electron chi connectivity index (χ2n) is 21.0. The Morgan fingerprint density at radius 2 is 0.925 bits per heavy atom. The maximum Gasteiger partial charge on any atom is 0.165 e. The van der Waals surface area contributed by atoms with Crippen molar-refractivity contribution in [1.82, 2.24) is 23.3 Å². The van der Waals surface area contributed by atoms with Crippen molar-refractivity contribution in [1.29, 1.82) is 0 Å². The summed E-state index contributed by atoms with van der Waals surface area (Å²) in [6.07, 6.45) is 0. The molecule has 0 aliphatic carbocycles. The predicted octanol–water partition coefficient (Wildman–Crippen LogP) is 16.4. The lowest BCUT2D eigenvalue weighted by Crippen LogP contribution is -2.11. The third kappa shape index (κ3) is 4.78. The summed E-state index contributed by atoms with van der Waals surface area (Å²) in [5.74, 6) is 0. The summed E-state index contributed by atoms with van der Waals surface area (Å²) in [4.78, 5) is 11.7. The van der Waals surface area contributed by atoms with Crippen molar-refractivity contribution in [3.63, 3.8) is 0 Å². The Morgan fingerprint density at radius 3 is 1.61 bits per heavy atom. The molecule has 6 aromatic heterocycles. The fourth-order valence-corrected chi connectivity index (χ4v) is 11.9. The zero-order valence-electron chi connectivity index (χ0n) is 38.3. The van der Waals surface area contributed by atoms with Crippen LogP contribution >= 0.6 is 0 Å². The third-order valence-corrected chi connectivity index (χ3v) is 15.1. The van der Waals surface area contributed by atoms with Gasteiger partial charge in [0.25, 0.3) is 0 Å². The van der Waals surface area contributed by atoms with Crippen molar-refractivity contribution < 1.29 is 0 Å². The van der Waals surface area contributed by atoms with E-state index in [2.05, 4.69) is 219 Å². The van der Waals surface area contributed by atoms with Gasteiger partial charge in [0, 0.05) is 54.3 Å². The summed E-state index contributed by atoms with van der Waals surface area (Å²) >= 11 is 0. The molecule has 318 valence electrons. The quantitative estimate of drug-likeness (QED) is 0.174. The SMILES string of the molecule is CC(C)(C)c1ccc2c(c1)c1c3ccccc3cc3c4nc5c(nc4n2c31)c1cc2ccccc2c2c3cc(C(C)(C)C)cc(-c4ccc6c(c4)c4ccccc4n6-c4ccccc4)c3n5c12. The van der Waals surface area contributed by atoms with Crippen LogP contribution in [0.15, 0.2) is 164 Å². The van der Waals surface area contributed by atoms with Crippen LogP contribution < -0.4 is 0 Å². The van der Waals surface area contributed by atoms with Gasteiger partial charge in [0.15, 0.2) is 11.3 Å². The van der Waals surface area contributed by atoms with Crippen molar-refractivity contribution in [2.45, 2.75) is 52.4 Å². The summed E-state index contributed by atoms with van der Waals surface area (Å²) in [5, 5.41) is 14.7. The van der Waals surface area contributed by atoms with Gasteiger partial charge in [-0.25, -0.2) is 9.97 Å². The van der Waals surface area contributed by atoms with Gasteiger partial charge in [0.1, 0.15) is 11.0 Å². The molecule has 67 heavy (non-hydrogen) atoms. The first kappa shape index (κ1) is 37.2. The molecule has 0 spiro atoms. The number of rotatable bonds is 2. The van der Waals surface area contributed by atoms with Crippen LogP contribution in [0, 0.1) is 0 Å². The average Bonchev–Trinajstić information content (AvgIpc) is 4.12. The Balaban J connectivity index is 1.12. The lowest BCUT2D eigenvalue weighted by Gasteiger charge is -2.21. The largest absolute Gasteiger partial charge is 0.309 e. The normalized spacial score (nSPS) is 13.2. The van der Waals surface area contributed by atoms with E-state index in [1.165, 1.54) is 109 Å². The Hall–Kier alpha value is -8.02. The van der Waals surface area contributed by atoms with Gasteiger partial charge in [-0.3, -0.25) is 8.80 Å². The number of hydrogen-bond donors (Lipinski definition) is 0. The molecule has 15 rings (SSSR count). The molecule has 6 heterocycles. The number of benzene rings is 9. The number of aromatic nitrogens is 5. The fourth-order valence-electron chi connectivity index (χ4n) is 11.9. The highest BCUT2D eigenvalue weighted by molar-refractivity contribution is 6.34. The molecule has 0 unspecified atom stereocenters. The lowest BCUT2D eigenvalue weighted by molar-refractivity contribution is 0.591. The molecule has 0 N–H and O–H groups in total. The number of nitrogens with zero attached hydrogens (tertiary/aromatic N) is 5. The van der Waals surface area contributed by atoms with Crippen LogP contribution in [-0.4, -0.2) is 23.3 Å². The first-order valence-electron chi connectivity index (χ1n) is 23.6. The maximum absolute atomic E-state index is 5.88. The molecule has 0 radical (unpaired) electrons. The highest BCUT2D eigenvalue weighted by Gasteiger charge is 2.30. The van der Waals surface area contributed by atoms with Gasteiger partial charge in [0.05, 0.1) is 33.1 Å². The Kier molecular flexibility index (Phi) is 6.92. The summed E-state index contributed by atoms with van der Waals surface area (Å²) < 4.78 is 7.29. The third-order valence-electron chi connectivity index (χ3n) is 15.1. The van der Waals surface area contributed by atoms with Crippen LogP contribution in [0.25, 0.3) is 137 Å². The van der Waals surface area contributed by atoms with Crippen molar-refractivity contribution in [2.75, 3.05) is 0 Å². The van der Waals surface area contributed by atoms with Crippen molar-refractivity contribution >= 4 is 120 Å². The van der Waals surface area contributed by atoms with Crippen molar-refractivity contribution in [2.24, 2.45) is 0 Å². The Bertz CT molecular complexity index is 4620. The molecule has 0 fully saturated rings. The van der Waals surface area contributed by atoms with E-state index in [1.54, 1.807) is 0 Å². The summed E-state index contributed by atoms with van der Waals surface area (Å²) in [6.45, 7) is 13.9. The molecular formula is C62H45N5. The van der Waals surface area contributed by atoms with E-state index in [1.807, 2.05) is 0 Å². The van der Waals surface area contributed by atoms with Crippen LogP contribution in [0.1, 0.15) is 52.7 Å². The van der Waals surface area contributed by atoms with Crippen LogP contribution in [0.2, 0.25) is 0 Å². The molecule has 0 aliphatic rings. The smallest absolute Gasteiger partial charge is 0.165 e. The van der Waals surface area contributed by atoms with E-state index in [4.69, 9.17) is 9.97 Å². The van der Waals surface area contributed by atoms with E-state index in [9.17, 15) is 0 Å². The van der Waals surface area contributed by atoms with Gasteiger partial charge in [-0.2, -0.15) is 0 Å². The average molecular weight is 860 g/mol. The van der Waals surface area contributed by atoms with E-state index in [0.29, 0.717) is 0 Å². The van der Waals surface area contributed by atoms with Crippen LogP contribution in [-0.2, 0) is 10.8 Å². The number of para-hydroxylation sites is 2. The molecule has 15 aromatic rings. The second kappa shape index (κ2) is 12.4. The van der Waals surface area contributed by atoms with E-state index >= 15 is 0 Å². The van der Waals surface area contributed by atoms with E-state index in [-0.39, 0.29) is 10.8 Å². The second-order valence-corrected chi connectivity index (χ2v) is 21.0. The molecule has 0 bridgehead atoms. The molecule has 0 aliphatic heterocycles. The first-order valence-corrected chi connectivity index (χ1v) is 23.6. The number of hydrogen-bond acceptors (Lipinski definition) is 2. The van der Waals surface area contributed by atoms with Gasteiger partial charge in [0.2, 0.25) is 0 Å². The summed E-state index contributed by atoms with van der Waals surface area (Å²) in [7, 11) is 0. The molecule has 0 atom stereocenters. The lowest BCUT2D eigenvalue weighted by atomic mass is 9.83. The first-order chi connectivity index (χ1) is 32.5. The molecule has 5 heteroatoms. The molecule has 0 saturated heterocycles. The Morgan fingerprint density at radius 1 is 0.373 bits per heavy atom. The van der Waals surface area contributed by atoms with Crippen LogP contribution in [0.5, 0.6) is 0 Å². The van der Waals surface area contributed by atoms with Gasteiger partial charge in [-0.15, -0.1) is 0 Å². The molecular weight excluding hydrogens is 815 g/mol. The maximum atomic E-state index is 5.88. The van der Waals surface area contributed by atoms with Gasteiger partial charge in [-0.05, 0) is 116 Å². The van der Waals surface area contributed by atoms with Crippen molar-refractivity contribution in [3.05, 3.63) is 175 Å². The van der Waals surface area contributed by atoms with Gasteiger partial charge < -0.3 is 4.57 Å². The number of fused-ring (bicyclic) bond motifs is 19. The van der Waals surface area contributed by atoms with Crippen LogP contribution in [0.4, 0.5) is 0 Å². The Labute approximate surface area is 385 Å². The standard InChI is InChI=1S/C62H45N5/c1-61(2,3)37-25-27-51-45(31-37)52-40-20-12-10-16-34(40)29-47-54-59(66(51)57(47)52)63-55-48-30-35-17-11-13-21-41(35)53-46-33-38(62(4,5)6)32-43(56(46)67(58(48)53)60(55)64-54)36-24-26-50-44(28-36)42-22-14-15-23-49(42)65(50)39-18-8-7-9-19-39/h7-33H,1-6H3. The van der Waals surface area contributed by atoms with Gasteiger partial charge in [-0.1, -0.05) is 139 Å². The van der Waals surface area contributed by atoms with Crippen LogP contribution in [0.3, 0.4) is 0 Å². The van der Waals surface area contributed by atoms with E-state index < -0.39 is 0 Å². The van der Waals surface area contributed by atoms with Crippen molar-refractivity contribution in [3.8, 4) is 16.8 Å². The minimum atomic E-state index is -0.105. The molecule has 9 aromatic carbocycles. The fraction of sp³-hybridized carbons (Fsp3) is 0.129.